The summed E-state index contributed by atoms with van der Waals surface area (Å²) >= 11 is 5.87. The van der Waals surface area contributed by atoms with E-state index in [1.165, 1.54) is 16.4 Å². The van der Waals surface area contributed by atoms with E-state index in [0.717, 1.165) is 5.56 Å². The van der Waals surface area contributed by atoms with E-state index in [9.17, 15) is 8.42 Å². The summed E-state index contributed by atoms with van der Waals surface area (Å²) in [6.45, 7) is 0.542. The van der Waals surface area contributed by atoms with Crippen molar-refractivity contribution in [2.45, 2.75) is 17.9 Å². The van der Waals surface area contributed by atoms with Crippen molar-refractivity contribution in [3.63, 3.8) is 0 Å². The predicted octanol–water partition coefficient (Wildman–Crippen LogP) is 4.37. The largest absolute Gasteiger partial charge is 0.468 e. The second-order valence-electron chi connectivity index (χ2n) is 5.61. The summed E-state index contributed by atoms with van der Waals surface area (Å²) in [5.74, 6) is 0.602. The first-order valence-electron chi connectivity index (χ1n) is 7.88. The molecular weight excluding hydrogens is 358 g/mol. The van der Waals surface area contributed by atoms with Gasteiger partial charge in [0, 0.05) is 11.6 Å². The lowest BCUT2D eigenvalue weighted by Gasteiger charge is -2.21. The van der Waals surface area contributed by atoms with Crippen LogP contribution in [0.25, 0.3) is 0 Å². The van der Waals surface area contributed by atoms with E-state index in [1.807, 2.05) is 30.3 Å². The highest BCUT2D eigenvalue weighted by atomic mass is 35.5. The summed E-state index contributed by atoms with van der Waals surface area (Å²) in [6.07, 6.45) is 2.16. The number of sulfonamides is 1. The molecule has 0 spiro atoms. The smallest absolute Gasteiger partial charge is 0.243 e. The Kier molecular flexibility index (Phi) is 5.58. The molecule has 0 aliphatic carbocycles. The number of furan rings is 1. The quantitative estimate of drug-likeness (QED) is 0.616. The third-order valence-corrected chi connectivity index (χ3v) is 5.97. The molecule has 0 amide bonds. The Labute approximate surface area is 152 Å². The van der Waals surface area contributed by atoms with Crippen molar-refractivity contribution < 1.29 is 12.8 Å². The van der Waals surface area contributed by atoms with Crippen LogP contribution in [0.3, 0.4) is 0 Å². The average Bonchev–Trinajstić information content (AvgIpc) is 3.13. The third kappa shape index (κ3) is 4.51. The minimum absolute atomic E-state index is 0.185. The standard InChI is InChI=1S/C19H18ClNO3S/c20-17-8-10-19(11-9-17)25(22,23)21(15-18-7-4-14-24-18)13-12-16-5-2-1-3-6-16/h1-11,14H,12-13,15H2. The zero-order valence-corrected chi connectivity index (χ0v) is 15.1. The van der Waals surface area contributed by atoms with Crippen molar-refractivity contribution in [1.29, 1.82) is 0 Å². The second kappa shape index (κ2) is 7.87. The molecule has 25 heavy (non-hydrogen) atoms. The van der Waals surface area contributed by atoms with Gasteiger partial charge in [0.2, 0.25) is 10.0 Å². The number of halogens is 1. The Hall–Kier alpha value is -2.08. The SMILES string of the molecule is O=S(=O)(c1ccc(Cl)cc1)N(CCc1ccccc1)Cc1ccco1. The van der Waals surface area contributed by atoms with Gasteiger partial charge < -0.3 is 4.42 Å². The van der Waals surface area contributed by atoms with Crippen molar-refractivity contribution in [1.82, 2.24) is 4.31 Å². The molecule has 0 saturated heterocycles. The molecule has 0 atom stereocenters. The van der Waals surface area contributed by atoms with Crippen LogP contribution in [-0.2, 0) is 23.0 Å². The summed E-state index contributed by atoms with van der Waals surface area (Å²) < 4.78 is 32.8. The van der Waals surface area contributed by atoms with E-state index in [2.05, 4.69) is 0 Å². The van der Waals surface area contributed by atoms with Gasteiger partial charge in [-0.05, 0) is 48.4 Å². The molecular formula is C19H18ClNO3S. The number of benzene rings is 2. The molecule has 1 heterocycles. The maximum absolute atomic E-state index is 13.0. The predicted molar refractivity (Wildman–Crippen MR) is 97.9 cm³/mol. The molecule has 1 aromatic heterocycles. The first-order chi connectivity index (χ1) is 12.1. The second-order valence-corrected chi connectivity index (χ2v) is 7.98. The van der Waals surface area contributed by atoms with E-state index in [0.29, 0.717) is 23.7 Å². The minimum atomic E-state index is -3.65. The number of nitrogens with zero attached hydrogens (tertiary/aromatic N) is 1. The first kappa shape index (κ1) is 17.7. The van der Waals surface area contributed by atoms with Gasteiger partial charge in [-0.25, -0.2) is 8.42 Å². The molecule has 0 saturated carbocycles. The van der Waals surface area contributed by atoms with Gasteiger partial charge in [0.15, 0.2) is 0 Å². The van der Waals surface area contributed by atoms with Crippen molar-refractivity contribution in [2.24, 2.45) is 0 Å². The van der Waals surface area contributed by atoms with Gasteiger partial charge in [-0.2, -0.15) is 4.31 Å². The van der Waals surface area contributed by atoms with Crippen LogP contribution < -0.4 is 0 Å². The molecule has 130 valence electrons. The molecule has 6 heteroatoms. The summed E-state index contributed by atoms with van der Waals surface area (Å²) in [6, 6.07) is 19.5. The van der Waals surface area contributed by atoms with Crippen LogP contribution >= 0.6 is 11.6 Å². The third-order valence-electron chi connectivity index (χ3n) is 3.86. The summed E-state index contributed by atoms with van der Waals surface area (Å²) in [5, 5.41) is 0.501. The molecule has 4 nitrogen and oxygen atoms in total. The van der Waals surface area contributed by atoms with E-state index < -0.39 is 10.0 Å². The lowest BCUT2D eigenvalue weighted by atomic mass is 10.1. The minimum Gasteiger partial charge on any atom is -0.468 e. The fraction of sp³-hybridized carbons (Fsp3) is 0.158. The Balaban J connectivity index is 1.85. The maximum atomic E-state index is 13.0. The monoisotopic (exact) mass is 375 g/mol. The van der Waals surface area contributed by atoms with Crippen LogP contribution in [0.1, 0.15) is 11.3 Å². The summed E-state index contributed by atoms with van der Waals surface area (Å²) in [5.41, 5.74) is 1.08. The molecule has 0 unspecified atom stereocenters. The Morgan fingerprint density at radius 2 is 1.64 bits per heavy atom. The van der Waals surface area contributed by atoms with E-state index in [1.54, 1.807) is 30.5 Å². The van der Waals surface area contributed by atoms with Gasteiger partial charge in [0.05, 0.1) is 17.7 Å². The lowest BCUT2D eigenvalue weighted by Crippen LogP contribution is -2.32. The van der Waals surface area contributed by atoms with Gasteiger partial charge in [-0.15, -0.1) is 0 Å². The van der Waals surface area contributed by atoms with Crippen LogP contribution in [-0.4, -0.2) is 19.3 Å². The van der Waals surface area contributed by atoms with Gasteiger partial charge in [-0.3, -0.25) is 0 Å². The molecule has 0 radical (unpaired) electrons. The number of hydrogen-bond acceptors (Lipinski definition) is 3. The van der Waals surface area contributed by atoms with Crippen LogP contribution in [0.2, 0.25) is 5.02 Å². The van der Waals surface area contributed by atoms with Crippen molar-refractivity contribution >= 4 is 21.6 Å². The van der Waals surface area contributed by atoms with E-state index >= 15 is 0 Å². The summed E-state index contributed by atoms with van der Waals surface area (Å²) in [7, 11) is -3.65. The van der Waals surface area contributed by atoms with Crippen molar-refractivity contribution in [3.8, 4) is 0 Å². The Morgan fingerprint density at radius 3 is 2.28 bits per heavy atom. The van der Waals surface area contributed by atoms with Crippen LogP contribution in [0.15, 0.2) is 82.3 Å². The molecule has 2 aromatic carbocycles. The maximum Gasteiger partial charge on any atom is 0.243 e. The highest BCUT2D eigenvalue weighted by Crippen LogP contribution is 2.21. The molecule has 3 rings (SSSR count). The van der Waals surface area contributed by atoms with Gasteiger partial charge in [0.25, 0.3) is 0 Å². The molecule has 0 aliphatic rings. The topological polar surface area (TPSA) is 50.5 Å². The van der Waals surface area contributed by atoms with Gasteiger partial charge in [-0.1, -0.05) is 41.9 Å². The molecule has 0 N–H and O–H groups in total. The Bertz CT molecular complexity index is 892. The van der Waals surface area contributed by atoms with Crippen molar-refractivity contribution in [2.75, 3.05) is 6.54 Å². The van der Waals surface area contributed by atoms with Crippen LogP contribution in [0, 0.1) is 0 Å². The average molecular weight is 376 g/mol. The lowest BCUT2D eigenvalue weighted by molar-refractivity contribution is 0.366. The molecule has 0 fully saturated rings. The fourth-order valence-corrected chi connectivity index (χ4v) is 4.05. The van der Waals surface area contributed by atoms with Gasteiger partial charge >= 0.3 is 0 Å². The van der Waals surface area contributed by atoms with E-state index in [4.69, 9.17) is 16.0 Å². The fourth-order valence-electron chi connectivity index (χ4n) is 2.51. The highest BCUT2D eigenvalue weighted by molar-refractivity contribution is 7.89. The Morgan fingerprint density at radius 1 is 0.920 bits per heavy atom. The van der Waals surface area contributed by atoms with Gasteiger partial charge in [0.1, 0.15) is 5.76 Å². The van der Waals surface area contributed by atoms with E-state index in [-0.39, 0.29) is 11.4 Å². The highest BCUT2D eigenvalue weighted by Gasteiger charge is 2.25. The van der Waals surface area contributed by atoms with Crippen LogP contribution in [0.5, 0.6) is 0 Å². The molecule has 0 aliphatic heterocycles. The number of rotatable bonds is 7. The molecule has 3 aromatic rings. The summed E-state index contributed by atoms with van der Waals surface area (Å²) in [4.78, 5) is 0.219. The number of hydrogen-bond donors (Lipinski definition) is 0. The normalized spacial score (nSPS) is 11.8. The molecule has 0 bridgehead atoms. The first-order valence-corrected chi connectivity index (χ1v) is 9.69. The van der Waals surface area contributed by atoms with Crippen LogP contribution in [0.4, 0.5) is 0 Å². The zero-order chi connectivity index (χ0) is 17.7. The van der Waals surface area contributed by atoms with Crippen molar-refractivity contribution in [3.05, 3.63) is 89.3 Å². The zero-order valence-electron chi connectivity index (χ0n) is 13.5.